The summed E-state index contributed by atoms with van der Waals surface area (Å²) < 4.78 is 41.5. The molecular formula is C15H12F3N3. The normalized spacial score (nSPS) is 11.2. The van der Waals surface area contributed by atoms with Crippen LogP contribution in [-0.2, 0) is 13.0 Å². The van der Waals surface area contributed by atoms with Crippen LogP contribution in [0.1, 0.15) is 18.2 Å². The lowest BCUT2D eigenvalue weighted by molar-refractivity contribution is 0.559. The molecule has 0 aliphatic heterocycles. The van der Waals surface area contributed by atoms with Crippen LogP contribution in [0, 0.1) is 17.5 Å². The van der Waals surface area contributed by atoms with Crippen LogP contribution in [0.3, 0.4) is 0 Å². The number of nitrogens with zero attached hydrogens (tertiary/aromatic N) is 3. The fourth-order valence-corrected chi connectivity index (χ4v) is 2.28. The van der Waals surface area contributed by atoms with Crippen molar-refractivity contribution in [2.45, 2.75) is 19.9 Å². The van der Waals surface area contributed by atoms with Gasteiger partial charge in [0.25, 0.3) is 0 Å². The lowest BCUT2D eigenvalue weighted by Crippen LogP contribution is -2.05. The zero-order valence-electron chi connectivity index (χ0n) is 11.3. The second kappa shape index (κ2) is 5.20. The third kappa shape index (κ3) is 2.49. The Morgan fingerprint density at radius 1 is 1.10 bits per heavy atom. The monoisotopic (exact) mass is 291 g/mol. The van der Waals surface area contributed by atoms with Crippen molar-refractivity contribution >= 4 is 11.0 Å². The van der Waals surface area contributed by atoms with Gasteiger partial charge >= 0.3 is 0 Å². The maximum atomic E-state index is 13.7. The minimum Gasteiger partial charge on any atom is -0.242 e. The molecular weight excluding hydrogens is 279 g/mol. The van der Waals surface area contributed by atoms with Gasteiger partial charge in [-0.2, -0.15) is 5.10 Å². The Labute approximate surface area is 119 Å². The van der Waals surface area contributed by atoms with Crippen LogP contribution < -0.4 is 0 Å². The van der Waals surface area contributed by atoms with Crippen LogP contribution in [-0.4, -0.2) is 14.8 Å². The standard InChI is InChI=1S/C15H12F3N3/c1-2-14-12-5-11(17)7-19-15(12)21(20-14)8-9-3-4-10(16)6-13(9)18/h3-7H,2,8H2,1H3. The molecule has 0 fully saturated rings. The van der Waals surface area contributed by atoms with E-state index >= 15 is 0 Å². The Morgan fingerprint density at radius 2 is 1.90 bits per heavy atom. The Morgan fingerprint density at radius 3 is 2.62 bits per heavy atom. The summed E-state index contributed by atoms with van der Waals surface area (Å²) in [6.45, 7) is 2.01. The lowest BCUT2D eigenvalue weighted by Gasteiger charge is -2.04. The van der Waals surface area contributed by atoms with E-state index in [0.717, 1.165) is 12.3 Å². The van der Waals surface area contributed by atoms with E-state index in [-0.39, 0.29) is 6.54 Å². The maximum Gasteiger partial charge on any atom is 0.158 e. The highest BCUT2D eigenvalue weighted by molar-refractivity contribution is 5.78. The highest BCUT2D eigenvalue weighted by Crippen LogP contribution is 2.20. The average molecular weight is 291 g/mol. The third-order valence-electron chi connectivity index (χ3n) is 3.30. The van der Waals surface area contributed by atoms with Crippen molar-refractivity contribution in [3.63, 3.8) is 0 Å². The molecule has 2 heterocycles. The van der Waals surface area contributed by atoms with Gasteiger partial charge in [-0.3, -0.25) is 0 Å². The first kappa shape index (κ1) is 13.6. The molecule has 108 valence electrons. The van der Waals surface area contributed by atoms with Gasteiger partial charge in [0, 0.05) is 17.0 Å². The van der Waals surface area contributed by atoms with Gasteiger partial charge < -0.3 is 0 Å². The molecule has 0 radical (unpaired) electrons. The predicted molar refractivity (Wildman–Crippen MR) is 72.3 cm³/mol. The van der Waals surface area contributed by atoms with Crippen molar-refractivity contribution in [1.82, 2.24) is 14.8 Å². The van der Waals surface area contributed by atoms with E-state index in [4.69, 9.17) is 0 Å². The van der Waals surface area contributed by atoms with Crippen LogP contribution in [0.5, 0.6) is 0 Å². The molecule has 0 unspecified atom stereocenters. The first-order valence-corrected chi connectivity index (χ1v) is 6.53. The van der Waals surface area contributed by atoms with Crippen molar-refractivity contribution in [3.05, 3.63) is 59.2 Å². The molecule has 0 saturated heterocycles. The van der Waals surface area contributed by atoms with Gasteiger partial charge in [0.15, 0.2) is 5.65 Å². The summed E-state index contributed by atoms with van der Waals surface area (Å²) in [6, 6.07) is 4.76. The topological polar surface area (TPSA) is 30.7 Å². The van der Waals surface area contributed by atoms with E-state index in [1.165, 1.54) is 22.9 Å². The molecule has 3 rings (SSSR count). The van der Waals surface area contributed by atoms with Crippen LogP contribution in [0.2, 0.25) is 0 Å². The molecule has 2 aromatic heterocycles. The van der Waals surface area contributed by atoms with E-state index in [9.17, 15) is 13.2 Å². The Bertz CT molecular complexity index is 811. The van der Waals surface area contributed by atoms with E-state index in [2.05, 4.69) is 10.1 Å². The molecule has 0 atom stereocenters. The van der Waals surface area contributed by atoms with Crippen molar-refractivity contribution < 1.29 is 13.2 Å². The SMILES string of the molecule is CCc1nn(Cc2ccc(F)cc2F)c2ncc(F)cc12. The van der Waals surface area contributed by atoms with Crippen molar-refractivity contribution in [2.24, 2.45) is 0 Å². The minimum absolute atomic E-state index is 0.112. The lowest BCUT2D eigenvalue weighted by atomic mass is 10.2. The van der Waals surface area contributed by atoms with Crippen molar-refractivity contribution in [2.75, 3.05) is 0 Å². The molecule has 0 bridgehead atoms. The van der Waals surface area contributed by atoms with Crippen LogP contribution >= 0.6 is 0 Å². The fourth-order valence-electron chi connectivity index (χ4n) is 2.28. The number of halogens is 3. The fraction of sp³-hybridized carbons (Fsp3) is 0.200. The summed E-state index contributed by atoms with van der Waals surface area (Å²) in [5.41, 5.74) is 1.48. The molecule has 0 amide bonds. The smallest absolute Gasteiger partial charge is 0.158 e. The van der Waals surface area contributed by atoms with E-state index in [1.807, 2.05) is 6.92 Å². The maximum absolute atomic E-state index is 13.7. The number of hydrogen-bond acceptors (Lipinski definition) is 2. The Balaban J connectivity index is 2.08. The predicted octanol–water partition coefficient (Wildman–Crippen LogP) is 3.46. The van der Waals surface area contributed by atoms with Gasteiger partial charge in [0.2, 0.25) is 0 Å². The molecule has 0 spiro atoms. The summed E-state index contributed by atoms with van der Waals surface area (Å²) in [7, 11) is 0. The molecule has 0 saturated carbocycles. The van der Waals surface area contributed by atoms with Gasteiger partial charge in [-0.15, -0.1) is 0 Å². The molecule has 3 aromatic rings. The van der Waals surface area contributed by atoms with E-state index in [1.54, 1.807) is 0 Å². The highest BCUT2D eigenvalue weighted by Gasteiger charge is 2.13. The number of aromatic nitrogens is 3. The zero-order valence-corrected chi connectivity index (χ0v) is 11.3. The van der Waals surface area contributed by atoms with Crippen molar-refractivity contribution in [1.29, 1.82) is 0 Å². The molecule has 0 N–H and O–H groups in total. The Kier molecular flexibility index (Phi) is 3.37. The zero-order chi connectivity index (χ0) is 15.0. The second-order valence-corrected chi connectivity index (χ2v) is 4.72. The first-order valence-electron chi connectivity index (χ1n) is 6.53. The molecule has 21 heavy (non-hydrogen) atoms. The minimum atomic E-state index is -0.640. The number of fused-ring (bicyclic) bond motifs is 1. The van der Waals surface area contributed by atoms with Gasteiger partial charge in [-0.1, -0.05) is 13.0 Å². The van der Waals surface area contributed by atoms with E-state index in [0.29, 0.717) is 28.7 Å². The van der Waals surface area contributed by atoms with Gasteiger partial charge in [0.05, 0.1) is 18.4 Å². The highest BCUT2D eigenvalue weighted by atomic mass is 19.1. The number of aryl methyl sites for hydroxylation is 1. The summed E-state index contributed by atoms with van der Waals surface area (Å²) >= 11 is 0. The average Bonchev–Trinajstić information content (AvgIpc) is 2.79. The molecule has 0 aliphatic rings. The van der Waals surface area contributed by atoms with Crippen molar-refractivity contribution in [3.8, 4) is 0 Å². The summed E-state index contributed by atoms with van der Waals surface area (Å²) in [5.74, 6) is -1.71. The molecule has 6 heteroatoms. The van der Waals surface area contributed by atoms with Crippen LogP contribution in [0.25, 0.3) is 11.0 Å². The van der Waals surface area contributed by atoms with Gasteiger partial charge in [0.1, 0.15) is 17.5 Å². The number of pyridine rings is 1. The summed E-state index contributed by atoms with van der Waals surface area (Å²) in [5, 5.41) is 4.95. The van der Waals surface area contributed by atoms with Crippen LogP contribution in [0.4, 0.5) is 13.2 Å². The van der Waals surface area contributed by atoms with Crippen LogP contribution in [0.15, 0.2) is 30.5 Å². The second-order valence-electron chi connectivity index (χ2n) is 4.72. The molecule has 1 aromatic carbocycles. The Hall–Kier alpha value is -2.37. The molecule has 0 aliphatic carbocycles. The summed E-state index contributed by atoms with van der Waals surface area (Å²) in [4.78, 5) is 4.02. The number of benzene rings is 1. The number of rotatable bonds is 3. The first-order chi connectivity index (χ1) is 10.1. The third-order valence-corrected chi connectivity index (χ3v) is 3.30. The quantitative estimate of drug-likeness (QED) is 0.740. The van der Waals surface area contributed by atoms with Gasteiger partial charge in [-0.05, 0) is 18.6 Å². The molecule has 3 nitrogen and oxygen atoms in total. The largest absolute Gasteiger partial charge is 0.242 e. The number of hydrogen-bond donors (Lipinski definition) is 0. The van der Waals surface area contributed by atoms with Gasteiger partial charge in [-0.25, -0.2) is 22.8 Å². The van der Waals surface area contributed by atoms with E-state index < -0.39 is 17.5 Å². The summed E-state index contributed by atoms with van der Waals surface area (Å²) in [6.07, 6.45) is 1.71.